The quantitative estimate of drug-likeness (QED) is 0.675. The highest BCUT2D eigenvalue weighted by Gasteiger charge is 2.03. The number of nitrogens with one attached hydrogen (secondary N) is 2. The third-order valence-corrected chi connectivity index (χ3v) is 2.40. The molecule has 0 radical (unpaired) electrons. The molecule has 19 heavy (non-hydrogen) atoms. The van der Waals surface area contributed by atoms with Gasteiger partial charge >= 0.3 is 12.0 Å². The molecule has 0 aliphatic heterocycles. The van der Waals surface area contributed by atoms with Gasteiger partial charge in [-0.2, -0.15) is 5.26 Å². The molecule has 6 heteroatoms. The summed E-state index contributed by atoms with van der Waals surface area (Å²) >= 11 is 0. The van der Waals surface area contributed by atoms with Crippen molar-refractivity contribution in [1.29, 1.82) is 5.26 Å². The zero-order valence-electron chi connectivity index (χ0n) is 10.3. The average molecular weight is 261 g/mol. The first-order chi connectivity index (χ1) is 9.13. The van der Waals surface area contributed by atoms with Crippen molar-refractivity contribution in [1.82, 2.24) is 10.6 Å². The molecule has 6 nitrogen and oxygen atoms in total. The van der Waals surface area contributed by atoms with Gasteiger partial charge in [-0.25, -0.2) is 9.59 Å². The van der Waals surface area contributed by atoms with Crippen LogP contribution in [0.3, 0.4) is 0 Å². The van der Waals surface area contributed by atoms with Crippen molar-refractivity contribution in [2.75, 3.05) is 6.54 Å². The molecular formula is C13H15N3O3. The van der Waals surface area contributed by atoms with Gasteiger partial charge in [0.2, 0.25) is 0 Å². The Labute approximate surface area is 111 Å². The second-order valence-corrected chi connectivity index (χ2v) is 3.87. The fraction of sp³-hybridized carbons (Fsp3) is 0.308. The molecule has 3 N–H and O–H groups in total. The van der Waals surface area contributed by atoms with Gasteiger partial charge in [-0.05, 0) is 24.1 Å². The molecule has 0 unspecified atom stereocenters. The van der Waals surface area contributed by atoms with Crippen LogP contribution in [0.25, 0.3) is 0 Å². The highest BCUT2D eigenvalue weighted by atomic mass is 16.4. The van der Waals surface area contributed by atoms with Gasteiger partial charge in [-0.3, -0.25) is 0 Å². The van der Waals surface area contributed by atoms with Crippen molar-refractivity contribution in [3.05, 3.63) is 35.4 Å². The van der Waals surface area contributed by atoms with Crippen LogP contribution in [0, 0.1) is 11.3 Å². The first-order valence-electron chi connectivity index (χ1n) is 5.84. The lowest BCUT2D eigenvalue weighted by Gasteiger charge is -2.07. The molecule has 0 aromatic heterocycles. The van der Waals surface area contributed by atoms with Gasteiger partial charge in [0, 0.05) is 19.5 Å². The van der Waals surface area contributed by atoms with Crippen LogP contribution in [0.4, 0.5) is 4.79 Å². The van der Waals surface area contributed by atoms with E-state index in [2.05, 4.69) is 10.6 Å². The van der Waals surface area contributed by atoms with Crippen molar-refractivity contribution in [3.63, 3.8) is 0 Å². The fourth-order valence-corrected chi connectivity index (χ4v) is 1.38. The van der Waals surface area contributed by atoms with Crippen LogP contribution in [0.1, 0.15) is 28.8 Å². The number of rotatable bonds is 6. The van der Waals surface area contributed by atoms with E-state index in [1.807, 2.05) is 6.07 Å². The van der Waals surface area contributed by atoms with Crippen LogP contribution in [-0.2, 0) is 6.54 Å². The minimum Gasteiger partial charge on any atom is -0.478 e. The number of carboxylic acids is 1. The molecule has 1 aromatic carbocycles. The molecule has 0 aliphatic rings. The Morgan fingerprint density at radius 2 is 1.89 bits per heavy atom. The smallest absolute Gasteiger partial charge is 0.335 e. The number of unbranched alkanes of at least 4 members (excludes halogenated alkanes) is 1. The van der Waals surface area contributed by atoms with Crippen LogP contribution >= 0.6 is 0 Å². The molecule has 2 amide bonds. The number of amides is 2. The van der Waals surface area contributed by atoms with E-state index in [1.54, 1.807) is 12.1 Å². The van der Waals surface area contributed by atoms with Gasteiger partial charge in [-0.15, -0.1) is 0 Å². The Balaban J connectivity index is 2.30. The average Bonchev–Trinajstić information content (AvgIpc) is 2.42. The summed E-state index contributed by atoms with van der Waals surface area (Å²) in [5.74, 6) is -0.977. The Kier molecular flexibility index (Phi) is 5.89. The monoisotopic (exact) mass is 261 g/mol. The molecule has 0 saturated heterocycles. The molecule has 0 heterocycles. The maximum atomic E-state index is 11.4. The van der Waals surface area contributed by atoms with Gasteiger partial charge in [0.05, 0.1) is 11.6 Å². The molecule has 1 rings (SSSR count). The van der Waals surface area contributed by atoms with Gasteiger partial charge in [0.15, 0.2) is 0 Å². The zero-order chi connectivity index (χ0) is 14.1. The number of nitriles is 1. The Bertz CT molecular complexity index is 477. The third-order valence-electron chi connectivity index (χ3n) is 2.40. The maximum absolute atomic E-state index is 11.4. The second kappa shape index (κ2) is 7.71. The second-order valence-electron chi connectivity index (χ2n) is 3.87. The summed E-state index contributed by atoms with van der Waals surface area (Å²) in [5.41, 5.74) is 1.03. The fourth-order valence-electron chi connectivity index (χ4n) is 1.38. The largest absolute Gasteiger partial charge is 0.478 e. The molecule has 1 aromatic rings. The highest BCUT2D eigenvalue weighted by Crippen LogP contribution is 2.04. The Hall–Kier alpha value is -2.55. The van der Waals surface area contributed by atoms with E-state index in [9.17, 15) is 9.59 Å². The molecule has 0 aliphatic carbocycles. The first kappa shape index (κ1) is 14.5. The van der Waals surface area contributed by atoms with Crippen LogP contribution in [0.5, 0.6) is 0 Å². The van der Waals surface area contributed by atoms with Crippen molar-refractivity contribution >= 4 is 12.0 Å². The maximum Gasteiger partial charge on any atom is 0.335 e. The van der Waals surface area contributed by atoms with E-state index in [-0.39, 0.29) is 11.6 Å². The minimum atomic E-state index is -0.977. The summed E-state index contributed by atoms with van der Waals surface area (Å²) in [7, 11) is 0. The lowest BCUT2D eigenvalue weighted by molar-refractivity contribution is 0.0697. The first-order valence-corrected chi connectivity index (χ1v) is 5.84. The van der Waals surface area contributed by atoms with Gasteiger partial charge < -0.3 is 15.7 Å². The predicted octanol–water partition coefficient (Wildman–Crippen LogP) is 1.49. The van der Waals surface area contributed by atoms with Crippen LogP contribution < -0.4 is 10.6 Å². The number of nitrogens with zero attached hydrogens (tertiary/aromatic N) is 1. The third kappa shape index (κ3) is 5.55. The highest BCUT2D eigenvalue weighted by molar-refractivity contribution is 5.87. The molecule has 0 spiro atoms. The summed E-state index contributed by atoms with van der Waals surface area (Å²) in [4.78, 5) is 22.0. The SMILES string of the molecule is N#CCCCNC(=O)NCc1ccc(C(=O)O)cc1. The van der Waals surface area contributed by atoms with Crippen LogP contribution in [-0.4, -0.2) is 23.7 Å². The molecule has 100 valence electrons. The lowest BCUT2D eigenvalue weighted by atomic mass is 10.1. The van der Waals surface area contributed by atoms with E-state index < -0.39 is 5.97 Å². The van der Waals surface area contributed by atoms with Crippen molar-refractivity contribution in [2.45, 2.75) is 19.4 Å². The van der Waals surface area contributed by atoms with E-state index in [4.69, 9.17) is 10.4 Å². The van der Waals surface area contributed by atoms with Crippen LogP contribution in [0.15, 0.2) is 24.3 Å². The number of hydrogen-bond donors (Lipinski definition) is 3. The number of benzene rings is 1. The summed E-state index contributed by atoms with van der Waals surface area (Å²) < 4.78 is 0. The van der Waals surface area contributed by atoms with Crippen molar-refractivity contribution in [3.8, 4) is 6.07 Å². The number of hydrogen-bond acceptors (Lipinski definition) is 3. The molecule has 0 fully saturated rings. The summed E-state index contributed by atoms with van der Waals surface area (Å²) in [5, 5.41) is 22.3. The van der Waals surface area contributed by atoms with E-state index >= 15 is 0 Å². The number of aromatic carboxylic acids is 1. The zero-order valence-corrected chi connectivity index (χ0v) is 10.3. The van der Waals surface area contributed by atoms with Gasteiger partial charge in [0.1, 0.15) is 0 Å². The number of urea groups is 1. The minimum absolute atomic E-state index is 0.213. The Morgan fingerprint density at radius 3 is 2.47 bits per heavy atom. The number of carboxylic acid groups (broad SMARTS) is 1. The molecule has 0 atom stereocenters. The van der Waals surface area contributed by atoms with E-state index in [0.29, 0.717) is 25.9 Å². The van der Waals surface area contributed by atoms with Gasteiger partial charge in [0.25, 0.3) is 0 Å². The summed E-state index contributed by atoms with van der Waals surface area (Å²) in [6.45, 7) is 0.779. The summed E-state index contributed by atoms with van der Waals surface area (Å²) in [6, 6.07) is 7.97. The van der Waals surface area contributed by atoms with E-state index in [1.165, 1.54) is 12.1 Å². The summed E-state index contributed by atoms with van der Waals surface area (Å²) in [6.07, 6.45) is 1.04. The predicted molar refractivity (Wildman–Crippen MR) is 68.5 cm³/mol. The molecule has 0 saturated carbocycles. The topological polar surface area (TPSA) is 102 Å². The molecule has 0 bridgehead atoms. The number of carbonyl (C=O) groups excluding carboxylic acids is 1. The standard InChI is InChI=1S/C13H15N3O3/c14-7-1-2-8-15-13(19)16-9-10-3-5-11(6-4-10)12(17)18/h3-6H,1-2,8-9H2,(H,17,18)(H2,15,16,19). The van der Waals surface area contributed by atoms with Crippen molar-refractivity contribution in [2.24, 2.45) is 0 Å². The Morgan fingerprint density at radius 1 is 1.21 bits per heavy atom. The number of carbonyl (C=O) groups is 2. The normalized spacial score (nSPS) is 9.42. The van der Waals surface area contributed by atoms with Crippen LogP contribution in [0.2, 0.25) is 0 Å². The van der Waals surface area contributed by atoms with E-state index in [0.717, 1.165) is 5.56 Å². The van der Waals surface area contributed by atoms with Gasteiger partial charge in [-0.1, -0.05) is 12.1 Å². The van der Waals surface area contributed by atoms with Crippen molar-refractivity contribution < 1.29 is 14.7 Å². The molecular weight excluding hydrogens is 246 g/mol. The lowest BCUT2D eigenvalue weighted by Crippen LogP contribution is -2.35.